The van der Waals surface area contributed by atoms with Gasteiger partial charge in [0.25, 0.3) is 5.91 Å². The molecule has 8 nitrogen and oxygen atoms in total. The van der Waals surface area contributed by atoms with Crippen LogP contribution in [-0.4, -0.2) is 40.6 Å². The molecule has 0 bridgehead atoms. The second-order valence-electron chi connectivity index (χ2n) is 4.25. The number of amides is 1. The first-order valence-electron chi connectivity index (χ1n) is 6.63. The van der Waals surface area contributed by atoms with E-state index in [0.29, 0.717) is 17.9 Å². The highest BCUT2D eigenvalue weighted by molar-refractivity contribution is 6.03. The molecule has 0 fully saturated rings. The van der Waals surface area contributed by atoms with Crippen LogP contribution >= 0.6 is 0 Å². The van der Waals surface area contributed by atoms with Crippen molar-refractivity contribution in [2.75, 3.05) is 19.0 Å². The quantitative estimate of drug-likeness (QED) is 0.803. The standard InChI is InChI=1S/C14H16N4O4/c1-3-22-13(19)9-18-15-8-12(17-18)16-14(20)10-5-4-6-11(7-10)21-2/h4-8H,3,9H2,1-2H3,(H,16,17,20). The molecule has 0 radical (unpaired) electrons. The third-order valence-corrected chi connectivity index (χ3v) is 2.69. The summed E-state index contributed by atoms with van der Waals surface area (Å²) in [5.41, 5.74) is 0.430. The third-order valence-electron chi connectivity index (χ3n) is 2.69. The van der Waals surface area contributed by atoms with Crippen LogP contribution in [0.3, 0.4) is 0 Å². The molecular weight excluding hydrogens is 288 g/mol. The van der Waals surface area contributed by atoms with Crippen molar-refractivity contribution in [3.05, 3.63) is 36.0 Å². The number of carbonyl (C=O) groups is 2. The average molecular weight is 304 g/mol. The predicted molar refractivity (Wildman–Crippen MR) is 77.6 cm³/mol. The van der Waals surface area contributed by atoms with Crippen molar-refractivity contribution < 1.29 is 19.1 Å². The molecule has 0 saturated carbocycles. The van der Waals surface area contributed by atoms with Crippen LogP contribution in [0.15, 0.2) is 30.5 Å². The average Bonchev–Trinajstić information content (AvgIpc) is 2.94. The minimum atomic E-state index is -0.441. The van der Waals surface area contributed by atoms with Crippen LogP contribution in [0.25, 0.3) is 0 Å². The molecule has 1 heterocycles. The third kappa shape index (κ3) is 4.05. The van der Waals surface area contributed by atoms with Crippen molar-refractivity contribution in [3.63, 3.8) is 0 Å². The number of benzene rings is 1. The Morgan fingerprint density at radius 3 is 2.91 bits per heavy atom. The summed E-state index contributed by atoms with van der Waals surface area (Å²) in [6.07, 6.45) is 1.36. The Bertz CT molecular complexity index is 668. The summed E-state index contributed by atoms with van der Waals surface area (Å²) in [6, 6.07) is 6.72. The van der Waals surface area contributed by atoms with E-state index in [2.05, 4.69) is 15.5 Å². The highest BCUT2D eigenvalue weighted by Gasteiger charge is 2.11. The minimum Gasteiger partial charge on any atom is -0.497 e. The van der Waals surface area contributed by atoms with Crippen molar-refractivity contribution in [2.45, 2.75) is 13.5 Å². The molecule has 22 heavy (non-hydrogen) atoms. The lowest BCUT2D eigenvalue weighted by molar-refractivity contribution is -0.144. The van der Waals surface area contributed by atoms with Gasteiger partial charge in [-0.05, 0) is 25.1 Å². The number of nitrogens with zero attached hydrogens (tertiary/aromatic N) is 3. The Labute approximate surface area is 127 Å². The lowest BCUT2D eigenvalue weighted by Gasteiger charge is -2.04. The van der Waals surface area contributed by atoms with Crippen molar-refractivity contribution in [1.82, 2.24) is 15.0 Å². The fraction of sp³-hybridized carbons (Fsp3) is 0.286. The molecule has 0 aliphatic heterocycles. The van der Waals surface area contributed by atoms with Gasteiger partial charge in [0.15, 0.2) is 12.4 Å². The molecule has 0 spiro atoms. The second kappa shape index (κ2) is 7.21. The molecule has 0 atom stereocenters. The summed E-state index contributed by atoms with van der Waals surface area (Å²) in [6.45, 7) is 1.90. The number of hydrogen-bond acceptors (Lipinski definition) is 6. The lowest BCUT2D eigenvalue weighted by Crippen LogP contribution is -2.16. The van der Waals surface area contributed by atoms with E-state index in [1.54, 1.807) is 31.2 Å². The molecule has 8 heteroatoms. The highest BCUT2D eigenvalue weighted by atomic mass is 16.5. The van der Waals surface area contributed by atoms with Gasteiger partial charge < -0.3 is 14.8 Å². The van der Waals surface area contributed by atoms with Gasteiger partial charge in [-0.3, -0.25) is 4.79 Å². The second-order valence-corrected chi connectivity index (χ2v) is 4.25. The van der Waals surface area contributed by atoms with E-state index in [1.165, 1.54) is 13.3 Å². The SMILES string of the molecule is CCOC(=O)Cn1ncc(NC(=O)c2cccc(OC)c2)n1. The fourth-order valence-electron chi connectivity index (χ4n) is 1.71. The van der Waals surface area contributed by atoms with Gasteiger partial charge in [-0.15, -0.1) is 5.10 Å². The first-order chi connectivity index (χ1) is 10.6. The van der Waals surface area contributed by atoms with Crippen molar-refractivity contribution in [2.24, 2.45) is 0 Å². The topological polar surface area (TPSA) is 95.3 Å². The number of methoxy groups -OCH3 is 1. The summed E-state index contributed by atoms with van der Waals surface area (Å²) in [7, 11) is 1.53. The molecular formula is C14H16N4O4. The molecule has 0 saturated heterocycles. The maximum Gasteiger partial charge on any atom is 0.329 e. The van der Waals surface area contributed by atoms with Crippen LogP contribution < -0.4 is 10.1 Å². The Hall–Kier alpha value is -2.90. The highest BCUT2D eigenvalue weighted by Crippen LogP contribution is 2.13. The molecule has 0 aliphatic rings. The van der Waals surface area contributed by atoms with Gasteiger partial charge >= 0.3 is 5.97 Å². The van der Waals surface area contributed by atoms with Gasteiger partial charge in [0.2, 0.25) is 0 Å². The van der Waals surface area contributed by atoms with E-state index in [0.717, 1.165) is 4.80 Å². The fourth-order valence-corrected chi connectivity index (χ4v) is 1.71. The Morgan fingerprint density at radius 2 is 2.18 bits per heavy atom. The van der Waals surface area contributed by atoms with Crippen LogP contribution in [0.1, 0.15) is 17.3 Å². The Morgan fingerprint density at radius 1 is 1.36 bits per heavy atom. The van der Waals surface area contributed by atoms with Crippen LogP contribution in [0, 0.1) is 0 Å². The minimum absolute atomic E-state index is 0.108. The number of esters is 1. The number of nitrogens with one attached hydrogen (secondary N) is 1. The van der Waals surface area contributed by atoms with E-state index in [4.69, 9.17) is 9.47 Å². The van der Waals surface area contributed by atoms with Crippen LogP contribution in [-0.2, 0) is 16.1 Å². The van der Waals surface area contributed by atoms with Gasteiger partial charge in [0.1, 0.15) is 5.75 Å². The molecule has 1 aromatic heterocycles. The molecule has 1 aromatic carbocycles. The van der Waals surface area contributed by atoms with Crippen LogP contribution in [0.4, 0.5) is 5.82 Å². The zero-order chi connectivity index (χ0) is 15.9. The molecule has 1 N–H and O–H groups in total. The maximum absolute atomic E-state index is 12.1. The molecule has 1 amide bonds. The maximum atomic E-state index is 12.1. The largest absolute Gasteiger partial charge is 0.497 e. The number of anilines is 1. The van der Waals surface area contributed by atoms with Gasteiger partial charge in [0, 0.05) is 5.56 Å². The summed E-state index contributed by atoms with van der Waals surface area (Å²) in [5.74, 6) is 0.0431. The van der Waals surface area contributed by atoms with Gasteiger partial charge in [0.05, 0.1) is 19.9 Å². The van der Waals surface area contributed by atoms with E-state index < -0.39 is 5.97 Å². The number of hydrogen-bond donors (Lipinski definition) is 1. The first kappa shape index (κ1) is 15.5. The zero-order valence-corrected chi connectivity index (χ0v) is 12.3. The smallest absolute Gasteiger partial charge is 0.329 e. The van der Waals surface area contributed by atoms with Crippen molar-refractivity contribution >= 4 is 17.7 Å². The summed E-state index contributed by atoms with van der Waals surface area (Å²) in [4.78, 5) is 24.5. The summed E-state index contributed by atoms with van der Waals surface area (Å²) < 4.78 is 9.85. The Balaban J connectivity index is 2.00. The normalized spacial score (nSPS) is 10.1. The van der Waals surface area contributed by atoms with E-state index in [-0.39, 0.29) is 18.3 Å². The molecule has 0 unspecified atom stereocenters. The summed E-state index contributed by atoms with van der Waals surface area (Å²) in [5, 5.41) is 10.5. The predicted octanol–water partition coefficient (Wildman–Crippen LogP) is 1.10. The lowest BCUT2D eigenvalue weighted by atomic mass is 10.2. The monoisotopic (exact) mass is 304 g/mol. The molecule has 2 aromatic rings. The first-order valence-corrected chi connectivity index (χ1v) is 6.63. The number of ether oxygens (including phenoxy) is 2. The van der Waals surface area contributed by atoms with Gasteiger partial charge in [-0.25, -0.2) is 4.79 Å². The number of rotatable bonds is 6. The summed E-state index contributed by atoms with van der Waals surface area (Å²) >= 11 is 0. The van der Waals surface area contributed by atoms with Gasteiger partial charge in [-0.2, -0.15) is 9.90 Å². The molecule has 0 aliphatic carbocycles. The Kier molecular flexibility index (Phi) is 5.07. The van der Waals surface area contributed by atoms with Crippen molar-refractivity contribution in [1.29, 1.82) is 0 Å². The zero-order valence-electron chi connectivity index (χ0n) is 12.3. The van der Waals surface area contributed by atoms with E-state index in [9.17, 15) is 9.59 Å². The van der Waals surface area contributed by atoms with Crippen LogP contribution in [0.5, 0.6) is 5.75 Å². The number of aromatic nitrogens is 3. The van der Waals surface area contributed by atoms with Crippen LogP contribution in [0.2, 0.25) is 0 Å². The van der Waals surface area contributed by atoms with Crippen molar-refractivity contribution in [3.8, 4) is 5.75 Å². The van der Waals surface area contributed by atoms with E-state index in [1.807, 2.05) is 0 Å². The number of carbonyl (C=O) groups excluding carboxylic acids is 2. The molecule has 2 rings (SSSR count). The van der Waals surface area contributed by atoms with E-state index >= 15 is 0 Å². The van der Waals surface area contributed by atoms with Gasteiger partial charge in [-0.1, -0.05) is 6.07 Å². The molecule has 116 valence electrons.